The van der Waals surface area contributed by atoms with Gasteiger partial charge in [0.1, 0.15) is 5.75 Å². The fourth-order valence-electron chi connectivity index (χ4n) is 1.55. The predicted molar refractivity (Wildman–Crippen MR) is 77.4 cm³/mol. The number of ether oxygens (including phenoxy) is 1. The SMILES string of the molecule is C=CCCC[C@@H](C=C)COc1ccccc1Br. The van der Waals surface area contributed by atoms with Crippen molar-refractivity contribution < 1.29 is 4.74 Å². The van der Waals surface area contributed by atoms with Gasteiger partial charge in [0.15, 0.2) is 0 Å². The highest BCUT2D eigenvalue weighted by Gasteiger charge is 2.06. The Morgan fingerprint density at radius 2 is 2.06 bits per heavy atom. The minimum absolute atomic E-state index is 0.405. The molecule has 0 fully saturated rings. The lowest BCUT2D eigenvalue weighted by molar-refractivity contribution is 0.265. The Hall–Kier alpha value is -1.02. The van der Waals surface area contributed by atoms with Crippen LogP contribution in [0.3, 0.4) is 0 Å². The zero-order valence-corrected chi connectivity index (χ0v) is 11.7. The molecule has 1 aromatic carbocycles. The summed E-state index contributed by atoms with van der Waals surface area (Å²) in [4.78, 5) is 0. The summed E-state index contributed by atoms with van der Waals surface area (Å²) < 4.78 is 6.77. The molecule has 0 heterocycles. The van der Waals surface area contributed by atoms with Crippen molar-refractivity contribution >= 4 is 15.9 Å². The Morgan fingerprint density at radius 3 is 2.71 bits per heavy atom. The molecule has 0 bridgehead atoms. The lowest BCUT2D eigenvalue weighted by Gasteiger charge is -2.14. The fraction of sp³-hybridized carbons (Fsp3) is 0.333. The first-order valence-electron chi connectivity index (χ1n) is 5.88. The van der Waals surface area contributed by atoms with Gasteiger partial charge in [-0.25, -0.2) is 0 Å². The van der Waals surface area contributed by atoms with E-state index in [-0.39, 0.29) is 0 Å². The Balaban J connectivity index is 2.39. The van der Waals surface area contributed by atoms with Crippen molar-refractivity contribution in [2.24, 2.45) is 5.92 Å². The number of unbranched alkanes of at least 4 members (excludes halogenated alkanes) is 1. The molecule has 1 atom stereocenters. The quantitative estimate of drug-likeness (QED) is 0.485. The molecule has 0 aromatic heterocycles. The van der Waals surface area contributed by atoms with Crippen molar-refractivity contribution in [2.45, 2.75) is 19.3 Å². The molecule has 17 heavy (non-hydrogen) atoms. The summed E-state index contributed by atoms with van der Waals surface area (Å²) in [6.07, 6.45) is 7.22. The van der Waals surface area contributed by atoms with Crippen LogP contribution in [0.5, 0.6) is 5.75 Å². The van der Waals surface area contributed by atoms with Crippen LogP contribution in [0.25, 0.3) is 0 Å². The second-order valence-electron chi connectivity index (χ2n) is 3.96. The average molecular weight is 295 g/mol. The third-order valence-electron chi connectivity index (χ3n) is 2.61. The van der Waals surface area contributed by atoms with Crippen LogP contribution in [-0.4, -0.2) is 6.61 Å². The second kappa shape index (κ2) is 8.13. The molecule has 0 aliphatic rings. The van der Waals surface area contributed by atoms with Crippen molar-refractivity contribution in [3.63, 3.8) is 0 Å². The van der Waals surface area contributed by atoms with E-state index in [1.54, 1.807) is 0 Å². The van der Waals surface area contributed by atoms with E-state index in [4.69, 9.17) is 4.74 Å². The maximum atomic E-state index is 5.78. The van der Waals surface area contributed by atoms with E-state index < -0.39 is 0 Å². The van der Waals surface area contributed by atoms with Gasteiger partial charge in [0.05, 0.1) is 11.1 Å². The van der Waals surface area contributed by atoms with Crippen molar-refractivity contribution in [2.75, 3.05) is 6.61 Å². The largest absolute Gasteiger partial charge is 0.492 e. The van der Waals surface area contributed by atoms with Crippen molar-refractivity contribution in [3.8, 4) is 5.75 Å². The molecule has 1 rings (SSSR count). The van der Waals surface area contributed by atoms with Crippen molar-refractivity contribution in [1.82, 2.24) is 0 Å². The van der Waals surface area contributed by atoms with E-state index in [1.807, 2.05) is 36.4 Å². The summed E-state index contributed by atoms with van der Waals surface area (Å²) in [6.45, 7) is 8.27. The summed E-state index contributed by atoms with van der Waals surface area (Å²) in [5, 5.41) is 0. The third-order valence-corrected chi connectivity index (χ3v) is 3.26. The standard InChI is InChI=1S/C15H19BrO/c1-3-5-6-9-13(4-2)12-17-15-11-8-7-10-14(15)16/h3-4,7-8,10-11,13H,1-2,5-6,9,12H2/t13-/m1/s1. The molecule has 2 heteroatoms. The van der Waals surface area contributed by atoms with Gasteiger partial charge >= 0.3 is 0 Å². The molecule has 0 aliphatic carbocycles. The molecule has 0 amide bonds. The van der Waals surface area contributed by atoms with E-state index in [9.17, 15) is 0 Å². The summed E-state index contributed by atoms with van der Waals surface area (Å²) in [5.74, 6) is 1.30. The number of allylic oxidation sites excluding steroid dienone is 1. The number of para-hydroxylation sites is 1. The molecule has 0 unspecified atom stereocenters. The number of hydrogen-bond acceptors (Lipinski definition) is 1. The van der Waals surface area contributed by atoms with E-state index in [0.29, 0.717) is 12.5 Å². The molecular weight excluding hydrogens is 276 g/mol. The maximum absolute atomic E-state index is 5.78. The molecule has 0 aliphatic heterocycles. The molecule has 0 radical (unpaired) electrons. The molecule has 0 saturated heterocycles. The summed E-state index contributed by atoms with van der Waals surface area (Å²) in [5.41, 5.74) is 0. The van der Waals surface area contributed by atoms with Crippen LogP contribution in [0.15, 0.2) is 54.0 Å². The van der Waals surface area contributed by atoms with Crippen LogP contribution in [0, 0.1) is 5.92 Å². The van der Waals surface area contributed by atoms with Gasteiger partial charge in [-0.3, -0.25) is 0 Å². The molecule has 0 spiro atoms. The molecule has 0 N–H and O–H groups in total. The van der Waals surface area contributed by atoms with Gasteiger partial charge in [-0.2, -0.15) is 0 Å². The van der Waals surface area contributed by atoms with Crippen LogP contribution < -0.4 is 4.74 Å². The molecule has 92 valence electrons. The smallest absolute Gasteiger partial charge is 0.133 e. The van der Waals surface area contributed by atoms with Crippen molar-refractivity contribution in [1.29, 1.82) is 0 Å². The normalized spacial score (nSPS) is 11.8. The van der Waals surface area contributed by atoms with Crippen LogP contribution in [0.1, 0.15) is 19.3 Å². The van der Waals surface area contributed by atoms with Gasteiger partial charge in [-0.15, -0.1) is 13.2 Å². The van der Waals surface area contributed by atoms with E-state index in [0.717, 1.165) is 29.5 Å². The highest BCUT2D eigenvalue weighted by molar-refractivity contribution is 9.10. The lowest BCUT2D eigenvalue weighted by Crippen LogP contribution is -2.09. The highest BCUT2D eigenvalue weighted by Crippen LogP contribution is 2.24. The van der Waals surface area contributed by atoms with Gasteiger partial charge in [0.2, 0.25) is 0 Å². The van der Waals surface area contributed by atoms with Gasteiger partial charge < -0.3 is 4.74 Å². The number of benzene rings is 1. The van der Waals surface area contributed by atoms with Gasteiger partial charge in [-0.1, -0.05) is 24.3 Å². The average Bonchev–Trinajstić information content (AvgIpc) is 2.35. The fourth-order valence-corrected chi connectivity index (χ4v) is 1.95. The first-order chi connectivity index (χ1) is 8.27. The zero-order valence-electron chi connectivity index (χ0n) is 10.1. The first kappa shape index (κ1) is 14.0. The Morgan fingerprint density at radius 1 is 1.29 bits per heavy atom. The molecule has 1 nitrogen and oxygen atoms in total. The lowest BCUT2D eigenvalue weighted by atomic mass is 10.0. The minimum atomic E-state index is 0.405. The second-order valence-corrected chi connectivity index (χ2v) is 4.81. The number of halogens is 1. The molecule has 1 aromatic rings. The Bertz CT molecular complexity index is 360. The minimum Gasteiger partial charge on any atom is -0.492 e. The van der Waals surface area contributed by atoms with Gasteiger partial charge in [0.25, 0.3) is 0 Å². The monoisotopic (exact) mass is 294 g/mol. The maximum Gasteiger partial charge on any atom is 0.133 e. The summed E-state index contributed by atoms with van der Waals surface area (Å²) in [7, 11) is 0. The predicted octanol–water partition coefficient (Wildman–Crippen LogP) is 4.99. The van der Waals surface area contributed by atoms with Gasteiger partial charge in [-0.05, 0) is 47.3 Å². The summed E-state index contributed by atoms with van der Waals surface area (Å²) in [6, 6.07) is 7.90. The Kier molecular flexibility index (Phi) is 6.71. The van der Waals surface area contributed by atoms with E-state index in [1.165, 1.54) is 0 Å². The molecule has 0 saturated carbocycles. The van der Waals surface area contributed by atoms with Crippen LogP contribution in [0.4, 0.5) is 0 Å². The van der Waals surface area contributed by atoms with Gasteiger partial charge in [0, 0.05) is 5.92 Å². The Labute approximate surface area is 112 Å². The van der Waals surface area contributed by atoms with Crippen LogP contribution >= 0.6 is 15.9 Å². The van der Waals surface area contributed by atoms with E-state index >= 15 is 0 Å². The molecular formula is C15H19BrO. The van der Waals surface area contributed by atoms with Crippen molar-refractivity contribution in [3.05, 3.63) is 54.0 Å². The third kappa shape index (κ3) is 5.22. The highest BCUT2D eigenvalue weighted by atomic mass is 79.9. The van der Waals surface area contributed by atoms with E-state index in [2.05, 4.69) is 29.1 Å². The number of rotatable bonds is 8. The first-order valence-corrected chi connectivity index (χ1v) is 6.68. The summed E-state index contributed by atoms with van der Waals surface area (Å²) >= 11 is 3.47. The number of hydrogen-bond donors (Lipinski definition) is 0. The zero-order chi connectivity index (χ0) is 12.5. The van der Waals surface area contributed by atoms with Crippen LogP contribution in [-0.2, 0) is 0 Å². The van der Waals surface area contributed by atoms with Crippen LogP contribution in [0.2, 0.25) is 0 Å². The topological polar surface area (TPSA) is 9.23 Å².